The molecule has 0 aliphatic heterocycles. The van der Waals surface area contributed by atoms with E-state index in [1.54, 1.807) is 0 Å². The first-order valence-electron chi connectivity index (χ1n) is 6.25. The van der Waals surface area contributed by atoms with Crippen molar-refractivity contribution in [2.75, 3.05) is 0 Å². The summed E-state index contributed by atoms with van der Waals surface area (Å²) in [5.74, 6) is -0.170. The molecule has 0 amide bonds. The smallest absolute Gasteiger partial charge is 0.123 e. The second-order valence-electron chi connectivity index (χ2n) is 4.16. The summed E-state index contributed by atoms with van der Waals surface area (Å²) >= 11 is 0. The van der Waals surface area contributed by atoms with E-state index in [9.17, 15) is 4.39 Å². The standard InChI is InChI=1S/C15H21F/c1-2-3-4-5-6-7-8-9-14-10-12-15(16)13-11-14/h8-13H,2-7H2,1H3/b9-8+. The van der Waals surface area contributed by atoms with E-state index in [0.29, 0.717) is 0 Å². The van der Waals surface area contributed by atoms with Gasteiger partial charge in [-0.3, -0.25) is 0 Å². The molecule has 88 valence electrons. The first kappa shape index (κ1) is 13.0. The Morgan fingerprint density at radius 1 is 1.00 bits per heavy atom. The van der Waals surface area contributed by atoms with Gasteiger partial charge in [0.25, 0.3) is 0 Å². The van der Waals surface area contributed by atoms with Gasteiger partial charge in [-0.1, -0.05) is 56.9 Å². The van der Waals surface area contributed by atoms with Gasteiger partial charge in [0, 0.05) is 0 Å². The van der Waals surface area contributed by atoms with Crippen LogP contribution in [0.25, 0.3) is 6.08 Å². The molecule has 0 aromatic heterocycles. The van der Waals surface area contributed by atoms with E-state index >= 15 is 0 Å². The Balaban J connectivity index is 2.14. The van der Waals surface area contributed by atoms with Gasteiger partial charge in [-0.25, -0.2) is 4.39 Å². The molecule has 0 heterocycles. The van der Waals surface area contributed by atoms with E-state index < -0.39 is 0 Å². The fourth-order valence-electron chi connectivity index (χ4n) is 1.66. The lowest BCUT2D eigenvalue weighted by molar-refractivity contribution is 0.627. The first-order chi connectivity index (χ1) is 7.83. The minimum Gasteiger partial charge on any atom is -0.207 e. The molecular formula is C15H21F. The molecule has 0 spiro atoms. The highest BCUT2D eigenvalue weighted by molar-refractivity contribution is 5.48. The van der Waals surface area contributed by atoms with Crippen molar-refractivity contribution < 1.29 is 4.39 Å². The van der Waals surface area contributed by atoms with Crippen LogP contribution in [0.5, 0.6) is 0 Å². The molecule has 0 saturated carbocycles. The zero-order chi connectivity index (χ0) is 11.6. The molecule has 1 heteroatoms. The van der Waals surface area contributed by atoms with Crippen LogP contribution in [-0.4, -0.2) is 0 Å². The third-order valence-electron chi connectivity index (χ3n) is 2.65. The van der Waals surface area contributed by atoms with Gasteiger partial charge in [0.2, 0.25) is 0 Å². The summed E-state index contributed by atoms with van der Waals surface area (Å²) in [6, 6.07) is 6.62. The highest BCUT2D eigenvalue weighted by atomic mass is 19.1. The minimum atomic E-state index is -0.170. The SMILES string of the molecule is CCCCCCC/C=C/c1ccc(F)cc1. The van der Waals surface area contributed by atoms with Crippen molar-refractivity contribution in [2.24, 2.45) is 0 Å². The number of rotatable bonds is 7. The van der Waals surface area contributed by atoms with Crippen LogP contribution in [-0.2, 0) is 0 Å². The van der Waals surface area contributed by atoms with Crippen molar-refractivity contribution in [1.29, 1.82) is 0 Å². The van der Waals surface area contributed by atoms with Crippen LogP contribution in [0.1, 0.15) is 51.0 Å². The Morgan fingerprint density at radius 3 is 2.38 bits per heavy atom. The number of benzene rings is 1. The molecule has 0 atom stereocenters. The van der Waals surface area contributed by atoms with Crippen LogP contribution in [0.4, 0.5) is 4.39 Å². The molecule has 1 rings (SSSR count). The maximum absolute atomic E-state index is 12.6. The topological polar surface area (TPSA) is 0 Å². The van der Waals surface area contributed by atoms with Crippen LogP contribution in [0.2, 0.25) is 0 Å². The fourth-order valence-corrected chi connectivity index (χ4v) is 1.66. The normalized spacial score (nSPS) is 11.1. The van der Waals surface area contributed by atoms with Crippen LogP contribution in [0.15, 0.2) is 30.3 Å². The van der Waals surface area contributed by atoms with Gasteiger partial charge in [-0.2, -0.15) is 0 Å². The van der Waals surface area contributed by atoms with Crippen LogP contribution >= 0.6 is 0 Å². The molecular weight excluding hydrogens is 199 g/mol. The summed E-state index contributed by atoms with van der Waals surface area (Å²) in [7, 11) is 0. The van der Waals surface area contributed by atoms with Gasteiger partial charge in [-0.05, 0) is 30.5 Å². The van der Waals surface area contributed by atoms with Crippen molar-refractivity contribution >= 4 is 6.08 Å². The van der Waals surface area contributed by atoms with E-state index in [2.05, 4.69) is 19.1 Å². The number of unbranched alkanes of at least 4 members (excludes halogenated alkanes) is 5. The quantitative estimate of drug-likeness (QED) is 0.554. The number of halogens is 1. The Kier molecular flexibility index (Phi) is 6.55. The van der Waals surface area contributed by atoms with E-state index in [4.69, 9.17) is 0 Å². The van der Waals surface area contributed by atoms with Gasteiger partial charge in [0.15, 0.2) is 0 Å². The van der Waals surface area contributed by atoms with E-state index in [0.717, 1.165) is 12.0 Å². The summed E-state index contributed by atoms with van der Waals surface area (Å²) in [4.78, 5) is 0. The molecule has 1 aromatic carbocycles. The molecule has 0 N–H and O–H groups in total. The maximum Gasteiger partial charge on any atom is 0.123 e. The van der Waals surface area contributed by atoms with Gasteiger partial charge >= 0.3 is 0 Å². The Labute approximate surface area is 98.2 Å². The summed E-state index contributed by atoms with van der Waals surface area (Å²) in [6.45, 7) is 2.23. The van der Waals surface area contributed by atoms with Crippen molar-refractivity contribution in [2.45, 2.75) is 45.4 Å². The highest BCUT2D eigenvalue weighted by Gasteiger charge is 1.89. The Bertz CT molecular complexity index is 298. The second-order valence-corrected chi connectivity index (χ2v) is 4.16. The zero-order valence-corrected chi connectivity index (χ0v) is 10.1. The van der Waals surface area contributed by atoms with Crippen LogP contribution in [0.3, 0.4) is 0 Å². The summed E-state index contributed by atoms with van der Waals surface area (Å²) in [5.41, 5.74) is 1.08. The van der Waals surface area contributed by atoms with Crippen molar-refractivity contribution in [3.05, 3.63) is 41.7 Å². The third-order valence-corrected chi connectivity index (χ3v) is 2.65. The molecule has 16 heavy (non-hydrogen) atoms. The number of hydrogen-bond donors (Lipinski definition) is 0. The number of allylic oxidation sites excluding steroid dienone is 1. The van der Waals surface area contributed by atoms with E-state index in [1.165, 1.54) is 44.2 Å². The summed E-state index contributed by atoms with van der Waals surface area (Å²) in [6.07, 6.45) is 12.0. The third kappa shape index (κ3) is 5.69. The number of hydrogen-bond acceptors (Lipinski definition) is 0. The second kappa shape index (κ2) is 8.09. The minimum absolute atomic E-state index is 0.170. The monoisotopic (exact) mass is 220 g/mol. The molecule has 0 unspecified atom stereocenters. The molecule has 0 bridgehead atoms. The highest BCUT2D eigenvalue weighted by Crippen LogP contribution is 2.08. The van der Waals surface area contributed by atoms with Gasteiger partial charge in [-0.15, -0.1) is 0 Å². The summed E-state index contributed by atoms with van der Waals surface area (Å²) in [5, 5.41) is 0. The predicted octanol–water partition coefficient (Wildman–Crippen LogP) is 5.20. The van der Waals surface area contributed by atoms with Crippen LogP contribution in [0, 0.1) is 5.82 Å². The average molecular weight is 220 g/mol. The predicted molar refractivity (Wildman–Crippen MR) is 68.8 cm³/mol. The zero-order valence-electron chi connectivity index (χ0n) is 10.1. The molecule has 0 aliphatic carbocycles. The fraction of sp³-hybridized carbons (Fsp3) is 0.467. The summed E-state index contributed by atoms with van der Waals surface area (Å²) < 4.78 is 12.6. The lowest BCUT2D eigenvalue weighted by Gasteiger charge is -1.96. The molecule has 0 aliphatic rings. The van der Waals surface area contributed by atoms with Crippen LogP contribution < -0.4 is 0 Å². The molecule has 0 nitrogen and oxygen atoms in total. The van der Waals surface area contributed by atoms with Crippen molar-refractivity contribution in [1.82, 2.24) is 0 Å². The van der Waals surface area contributed by atoms with E-state index in [-0.39, 0.29) is 5.82 Å². The van der Waals surface area contributed by atoms with Crippen molar-refractivity contribution in [3.8, 4) is 0 Å². The first-order valence-corrected chi connectivity index (χ1v) is 6.25. The van der Waals surface area contributed by atoms with E-state index in [1.807, 2.05) is 12.1 Å². The van der Waals surface area contributed by atoms with Gasteiger partial charge < -0.3 is 0 Å². The van der Waals surface area contributed by atoms with Gasteiger partial charge in [0.05, 0.1) is 0 Å². The largest absolute Gasteiger partial charge is 0.207 e. The molecule has 1 aromatic rings. The van der Waals surface area contributed by atoms with Gasteiger partial charge in [0.1, 0.15) is 5.82 Å². The average Bonchev–Trinajstić information content (AvgIpc) is 2.30. The molecule has 0 radical (unpaired) electrons. The molecule has 0 saturated heterocycles. The Morgan fingerprint density at radius 2 is 1.69 bits per heavy atom. The lowest BCUT2D eigenvalue weighted by Crippen LogP contribution is -1.77. The van der Waals surface area contributed by atoms with Crippen molar-refractivity contribution in [3.63, 3.8) is 0 Å². The lowest BCUT2D eigenvalue weighted by atomic mass is 10.1. The Hall–Kier alpha value is -1.11. The molecule has 0 fully saturated rings. The maximum atomic E-state index is 12.6.